The van der Waals surface area contributed by atoms with Gasteiger partial charge in [0.25, 0.3) is 5.91 Å². The molecule has 0 fully saturated rings. The van der Waals surface area contributed by atoms with E-state index in [4.69, 9.17) is 4.74 Å². The minimum absolute atomic E-state index is 0.00305. The minimum atomic E-state index is -0.216. The van der Waals surface area contributed by atoms with Gasteiger partial charge in [0.15, 0.2) is 5.01 Å². The molecule has 1 aliphatic rings. The van der Waals surface area contributed by atoms with Crippen LogP contribution in [0.2, 0.25) is 0 Å². The fourth-order valence-corrected chi connectivity index (χ4v) is 3.92. The quantitative estimate of drug-likeness (QED) is 0.894. The average Bonchev–Trinajstić information content (AvgIpc) is 2.95. The zero-order valence-corrected chi connectivity index (χ0v) is 16.1. The van der Waals surface area contributed by atoms with Gasteiger partial charge in [-0.1, -0.05) is 19.9 Å². The largest absolute Gasteiger partial charge is 0.497 e. The van der Waals surface area contributed by atoms with E-state index in [1.807, 2.05) is 36.9 Å². The Labute approximate surface area is 157 Å². The normalized spacial score (nSPS) is 13.9. The number of hydrogen-bond donors (Lipinski definition) is 1. The Balaban J connectivity index is 1.68. The van der Waals surface area contributed by atoms with E-state index in [2.05, 4.69) is 10.3 Å². The number of rotatable bonds is 4. The molecule has 2 aromatic rings. The Bertz CT molecular complexity index is 791. The maximum atomic E-state index is 12.5. The standard InChI is InChI=1S/C19H23N3O3S/c1-12(2)19(24)22-9-7-15-16(8-10-22)26-18(21-15)17(23)20-13-5-4-6-14(11-13)25-3/h4-6,11-12H,7-10H2,1-3H3,(H,20,23). The molecule has 0 saturated carbocycles. The van der Waals surface area contributed by atoms with Gasteiger partial charge in [-0.25, -0.2) is 4.98 Å². The molecule has 0 bridgehead atoms. The van der Waals surface area contributed by atoms with Crippen molar-refractivity contribution in [2.24, 2.45) is 5.92 Å². The van der Waals surface area contributed by atoms with Gasteiger partial charge in [0.1, 0.15) is 5.75 Å². The maximum Gasteiger partial charge on any atom is 0.284 e. The van der Waals surface area contributed by atoms with E-state index in [1.54, 1.807) is 13.2 Å². The van der Waals surface area contributed by atoms with Crippen LogP contribution in [0.3, 0.4) is 0 Å². The van der Waals surface area contributed by atoms with Crippen LogP contribution in [0.25, 0.3) is 0 Å². The number of carbonyl (C=O) groups excluding carboxylic acids is 2. The van der Waals surface area contributed by atoms with Crippen LogP contribution >= 0.6 is 11.3 Å². The number of amides is 2. The lowest BCUT2D eigenvalue weighted by Crippen LogP contribution is -2.36. The summed E-state index contributed by atoms with van der Waals surface area (Å²) in [6.45, 7) is 5.18. The van der Waals surface area contributed by atoms with Gasteiger partial charge in [-0.3, -0.25) is 9.59 Å². The first-order valence-electron chi connectivity index (χ1n) is 8.70. The molecule has 0 spiro atoms. The fourth-order valence-electron chi connectivity index (χ4n) is 2.93. The first-order chi connectivity index (χ1) is 12.5. The van der Waals surface area contributed by atoms with E-state index in [0.29, 0.717) is 36.0 Å². The van der Waals surface area contributed by atoms with Crippen molar-refractivity contribution >= 4 is 28.8 Å². The molecule has 3 rings (SSSR count). The number of ether oxygens (including phenoxy) is 1. The van der Waals surface area contributed by atoms with Crippen LogP contribution in [0.5, 0.6) is 5.75 Å². The second kappa shape index (κ2) is 7.86. The van der Waals surface area contributed by atoms with Crippen LogP contribution in [0.4, 0.5) is 5.69 Å². The number of anilines is 1. The summed E-state index contributed by atoms with van der Waals surface area (Å²) in [4.78, 5) is 32.2. The fraction of sp³-hybridized carbons (Fsp3) is 0.421. The molecule has 0 radical (unpaired) electrons. The highest BCUT2D eigenvalue weighted by Crippen LogP contribution is 2.25. The van der Waals surface area contributed by atoms with Crippen molar-refractivity contribution in [3.05, 3.63) is 39.8 Å². The van der Waals surface area contributed by atoms with E-state index in [1.165, 1.54) is 11.3 Å². The van der Waals surface area contributed by atoms with Crippen molar-refractivity contribution in [3.63, 3.8) is 0 Å². The maximum absolute atomic E-state index is 12.5. The van der Waals surface area contributed by atoms with E-state index in [0.717, 1.165) is 17.0 Å². The number of methoxy groups -OCH3 is 1. The molecule has 138 valence electrons. The molecule has 26 heavy (non-hydrogen) atoms. The van der Waals surface area contributed by atoms with Gasteiger partial charge in [-0.15, -0.1) is 11.3 Å². The highest BCUT2D eigenvalue weighted by Gasteiger charge is 2.24. The molecule has 0 unspecified atom stereocenters. The van der Waals surface area contributed by atoms with Crippen molar-refractivity contribution in [1.29, 1.82) is 0 Å². The number of hydrogen-bond acceptors (Lipinski definition) is 5. The Morgan fingerprint density at radius 1 is 1.27 bits per heavy atom. The molecule has 0 atom stereocenters. The minimum Gasteiger partial charge on any atom is -0.497 e. The molecule has 1 aliphatic heterocycles. The van der Waals surface area contributed by atoms with Crippen molar-refractivity contribution in [3.8, 4) is 5.75 Å². The summed E-state index contributed by atoms with van der Waals surface area (Å²) < 4.78 is 5.17. The smallest absolute Gasteiger partial charge is 0.284 e. The number of carbonyl (C=O) groups is 2. The highest BCUT2D eigenvalue weighted by molar-refractivity contribution is 7.13. The molecular formula is C19H23N3O3S. The van der Waals surface area contributed by atoms with Crippen LogP contribution in [0.1, 0.15) is 34.2 Å². The molecule has 2 amide bonds. The summed E-state index contributed by atoms with van der Waals surface area (Å²) in [6.07, 6.45) is 1.44. The van der Waals surface area contributed by atoms with E-state index >= 15 is 0 Å². The number of nitrogens with zero attached hydrogens (tertiary/aromatic N) is 2. The van der Waals surface area contributed by atoms with Crippen molar-refractivity contribution in [2.45, 2.75) is 26.7 Å². The average molecular weight is 373 g/mol. The van der Waals surface area contributed by atoms with Crippen LogP contribution < -0.4 is 10.1 Å². The van der Waals surface area contributed by atoms with Crippen LogP contribution in [0, 0.1) is 5.92 Å². The van der Waals surface area contributed by atoms with Gasteiger partial charge < -0.3 is 15.0 Å². The second-order valence-electron chi connectivity index (χ2n) is 6.55. The SMILES string of the molecule is COc1cccc(NC(=O)c2nc3c(s2)CCN(C(=O)C(C)C)CC3)c1. The Kier molecular flexibility index (Phi) is 5.56. The lowest BCUT2D eigenvalue weighted by atomic mass is 10.2. The Morgan fingerprint density at radius 2 is 2.04 bits per heavy atom. The van der Waals surface area contributed by atoms with Crippen molar-refractivity contribution < 1.29 is 14.3 Å². The first kappa shape index (κ1) is 18.4. The van der Waals surface area contributed by atoms with Crippen LogP contribution in [-0.4, -0.2) is 41.9 Å². The van der Waals surface area contributed by atoms with Gasteiger partial charge >= 0.3 is 0 Å². The molecule has 1 aromatic carbocycles. The van der Waals surface area contributed by atoms with Gasteiger partial charge in [0.2, 0.25) is 5.91 Å². The third kappa shape index (κ3) is 4.04. The topological polar surface area (TPSA) is 71.5 Å². The Hall–Kier alpha value is -2.41. The van der Waals surface area contributed by atoms with Gasteiger partial charge in [0, 0.05) is 48.5 Å². The number of aromatic nitrogens is 1. The summed E-state index contributed by atoms with van der Waals surface area (Å²) in [6, 6.07) is 7.23. The second-order valence-corrected chi connectivity index (χ2v) is 7.64. The molecule has 6 nitrogen and oxygen atoms in total. The number of nitrogens with one attached hydrogen (secondary N) is 1. The summed E-state index contributed by atoms with van der Waals surface area (Å²) in [5.74, 6) is 0.651. The molecule has 1 N–H and O–H groups in total. The number of thiazole rings is 1. The lowest BCUT2D eigenvalue weighted by Gasteiger charge is -2.22. The zero-order chi connectivity index (χ0) is 18.7. The molecule has 0 aliphatic carbocycles. The zero-order valence-electron chi connectivity index (χ0n) is 15.2. The summed E-state index contributed by atoms with van der Waals surface area (Å²) in [5.41, 5.74) is 1.61. The van der Waals surface area contributed by atoms with Crippen LogP contribution in [0.15, 0.2) is 24.3 Å². The third-order valence-electron chi connectivity index (χ3n) is 4.33. The predicted octanol–water partition coefficient (Wildman–Crippen LogP) is 2.99. The van der Waals surface area contributed by atoms with Gasteiger partial charge in [0.05, 0.1) is 12.8 Å². The summed E-state index contributed by atoms with van der Waals surface area (Å²) >= 11 is 1.42. The third-order valence-corrected chi connectivity index (χ3v) is 5.49. The van der Waals surface area contributed by atoms with E-state index < -0.39 is 0 Å². The number of benzene rings is 1. The van der Waals surface area contributed by atoms with E-state index in [9.17, 15) is 9.59 Å². The van der Waals surface area contributed by atoms with Crippen molar-refractivity contribution in [2.75, 3.05) is 25.5 Å². The van der Waals surface area contributed by atoms with Gasteiger partial charge in [-0.05, 0) is 12.1 Å². The number of fused-ring (bicyclic) bond motifs is 1. The predicted molar refractivity (Wildman–Crippen MR) is 102 cm³/mol. The molecule has 0 saturated heterocycles. The first-order valence-corrected chi connectivity index (χ1v) is 9.52. The van der Waals surface area contributed by atoms with E-state index in [-0.39, 0.29) is 17.7 Å². The van der Waals surface area contributed by atoms with Crippen molar-refractivity contribution in [1.82, 2.24) is 9.88 Å². The molecule has 1 aromatic heterocycles. The molecule has 2 heterocycles. The molecule has 7 heteroatoms. The summed E-state index contributed by atoms with van der Waals surface area (Å²) in [5, 5.41) is 3.32. The van der Waals surface area contributed by atoms with Crippen LogP contribution in [-0.2, 0) is 17.6 Å². The highest BCUT2D eigenvalue weighted by atomic mass is 32.1. The Morgan fingerprint density at radius 3 is 2.77 bits per heavy atom. The summed E-state index contributed by atoms with van der Waals surface area (Å²) in [7, 11) is 1.59. The van der Waals surface area contributed by atoms with Gasteiger partial charge in [-0.2, -0.15) is 0 Å². The molecular weight excluding hydrogens is 350 g/mol. The monoisotopic (exact) mass is 373 g/mol. The lowest BCUT2D eigenvalue weighted by molar-refractivity contribution is -0.134.